The second-order valence-corrected chi connectivity index (χ2v) is 6.53. The first-order valence-corrected chi connectivity index (χ1v) is 8.49. The quantitative estimate of drug-likeness (QED) is 0.911. The van der Waals surface area contributed by atoms with Crippen molar-refractivity contribution >= 4 is 5.91 Å². The molecular weight excluding hydrogens is 308 g/mol. The van der Waals surface area contributed by atoms with E-state index in [1.165, 1.54) is 11.8 Å². The van der Waals surface area contributed by atoms with Crippen LogP contribution in [0.5, 0.6) is 0 Å². The number of ether oxygens (including phenoxy) is 1. The SMILES string of the molecule is O=C(NCC1CCC2C1OCCN2Cc1ccoc1)c1ccco1. The minimum absolute atomic E-state index is 0.158. The zero-order chi connectivity index (χ0) is 16.4. The lowest BCUT2D eigenvalue weighted by atomic mass is 10.0. The highest BCUT2D eigenvalue weighted by molar-refractivity contribution is 5.91. The van der Waals surface area contributed by atoms with Crippen LogP contribution in [0.2, 0.25) is 0 Å². The Balaban J connectivity index is 1.35. The average Bonchev–Trinajstić information content (AvgIpc) is 3.34. The van der Waals surface area contributed by atoms with Gasteiger partial charge in [0.1, 0.15) is 0 Å². The monoisotopic (exact) mass is 330 g/mol. The molecule has 3 unspecified atom stereocenters. The van der Waals surface area contributed by atoms with E-state index in [9.17, 15) is 4.79 Å². The molecule has 0 aromatic carbocycles. The second kappa shape index (κ2) is 6.83. The number of carbonyl (C=O) groups is 1. The van der Waals surface area contributed by atoms with Crippen LogP contribution in [0.4, 0.5) is 0 Å². The van der Waals surface area contributed by atoms with Crippen molar-refractivity contribution in [2.24, 2.45) is 5.92 Å². The molecule has 3 heterocycles. The fourth-order valence-corrected chi connectivity index (χ4v) is 3.89. The molecule has 1 saturated heterocycles. The van der Waals surface area contributed by atoms with Crippen molar-refractivity contribution in [3.63, 3.8) is 0 Å². The molecule has 128 valence electrons. The Hall–Kier alpha value is -2.05. The van der Waals surface area contributed by atoms with Gasteiger partial charge in [-0.1, -0.05) is 0 Å². The maximum Gasteiger partial charge on any atom is 0.286 e. The van der Waals surface area contributed by atoms with E-state index in [0.29, 0.717) is 24.3 Å². The van der Waals surface area contributed by atoms with E-state index < -0.39 is 0 Å². The Morgan fingerprint density at radius 2 is 2.25 bits per heavy atom. The Morgan fingerprint density at radius 1 is 1.29 bits per heavy atom. The summed E-state index contributed by atoms with van der Waals surface area (Å²) in [5, 5.41) is 2.97. The first-order valence-electron chi connectivity index (χ1n) is 8.49. The lowest BCUT2D eigenvalue weighted by Gasteiger charge is -2.39. The number of furan rings is 2. The molecule has 2 aromatic heterocycles. The van der Waals surface area contributed by atoms with Crippen LogP contribution in [-0.2, 0) is 11.3 Å². The zero-order valence-corrected chi connectivity index (χ0v) is 13.5. The molecule has 0 radical (unpaired) electrons. The van der Waals surface area contributed by atoms with Gasteiger partial charge < -0.3 is 18.9 Å². The predicted molar refractivity (Wildman–Crippen MR) is 86.4 cm³/mol. The predicted octanol–water partition coefficient (Wildman–Crippen LogP) is 2.28. The first kappa shape index (κ1) is 15.5. The van der Waals surface area contributed by atoms with Gasteiger partial charge in [-0.15, -0.1) is 0 Å². The lowest BCUT2D eigenvalue weighted by molar-refractivity contribution is -0.0758. The van der Waals surface area contributed by atoms with Gasteiger partial charge in [0.25, 0.3) is 5.91 Å². The van der Waals surface area contributed by atoms with Crippen LogP contribution in [0.25, 0.3) is 0 Å². The van der Waals surface area contributed by atoms with E-state index in [4.69, 9.17) is 13.6 Å². The van der Waals surface area contributed by atoms with Crippen LogP contribution in [-0.4, -0.2) is 42.6 Å². The van der Waals surface area contributed by atoms with Crippen LogP contribution < -0.4 is 5.32 Å². The van der Waals surface area contributed by atoms with Gasteiger partial charge in [-0.3, -0.25) is 9.69 Å². The first-order chi connectivity index (χ1) is 11.8. The molecule has 2 aromatic rings. The summed E-state index contributed by atoms with van der Waals surface area (Å²) >= 11 is 0. The highest BCUT2D eigenvalue weighted by atomic mass is 16.5. The number of hydrogen-bond acceptors (Lipinski definition) is 5. The van der Waals surface area contributed by atoms with E-state index in [2.05, 4.69) is 10.2 Å². The lowest BCUT2D eigenvalue weighted by Crippen LogP contribution is -2.50. The topological polar surface area (TPSA) is 67.8 Å². The number of amides is 1. The van der Waals surface area contributed by atoms with Crippen molar-refractivity contribution in [2.75, 3.05) is 19.7 Å². The molecule has 3 atom stereocenters. The molecule has 6 heteroatoms. The standard InChI is InChI=1S/C18H22N2O4/c21-18(16-2-1-7-23-16)19-10-14-3-4-15-17(14)24-9-6-20(15)11-13-5-8-22-12-13/h1-2,5,7-8,12,14-15,17H,3-4,6,9-11H2,(H,19,21). The minimum Gasteiger partial charge on any atom is -0.472 e. The third-order valence-electron chi connectivity index (χ3n) is 5.07. The van der Waals surface area contributed by atoms with Gasteiger partial charge in [0.05, 0.1) is 31.5 Å². The molecule has 1 aliphatic carbocycles. The molecule has 0 spiro atoms. The third kappa shape index (κ3) is 3.12. The highest BCUT2D eigenvalue weighted by Gasteiger charge is 2.42. The molecule has 4 rings (SSSR count). The summed E-state index contributed by atoms with van der Waals surface area (Å²) < 4.78 is 16.4. The van der Waals surface area contributed by atoms with E-state index in [1.54, 1.807) is 24.7 Å². The zero-order valence-electron chi connectivity index (χ0n) is 13.5. The van der Waals surface area contributed by atoms with Crippen molar-refractivity contribution in [3.8, 4) is 0 Å². The molecule has 0 bridgehead atoms. The van der Waals surface area contributed by atoms with Crippen LogP contribution in [0.15, 0.2) is 45.8 Å². The normalized spacial score (nSPS) is 27.1. The average molecular weight is 330 g/mol. The molecule has 1 aliphatic heterocycles. The summed E-state index contributed by atoms with van der Waals surface area (Å²) in [6, 6.07) is 5.83. The van der Waals surface area contributed by atoms with E-state index in [-0.39, 0.29) is 12.0 Å². The van der Waals surface area contributed by atoms with Gasteiger partial charge in [-0.25, -0.2) is 0 Å². The van der Waals surface area contributed by atoms with Crippen LogP contribution in [0.1, 0.15) is 29.0 Å². The van der Waals surface area contributed by atoms with Crippen LogP contribution in [0, 0.1) is 5.92 Å². The summed E-state index contributed by atoms with van der Waals surface area (Å²) in [6.45, 7) is 3.20. The van der Waals surface area contributed by atoms with Gasteiger partial charge >= 0.3 is 0 Å². The summed E-state index contributed by atoms with van der Waals surface area (Å²) in [5.41, 5.74) is 1.20. The molecule has 1 saturated carbocycles. The summed E-state index contributed by atoms with van der Waals surface area (Å²) in [4.78, 5) is 14.5. The maximum absolute atomic E-state index is 12.0. The van der Waals surface area contributed by atoms with Gasteiger partial charge in [0.15, 0.2) is 5.76 Å². The fourth-order valence-electron chi connectivity index (χ4n) is 3.89. The molecule has 6 nitrogen and oxygen atoms in total. The number of rotatable bonds is 5. The van der Waals surface area contributed by atoms with Gasteiger partial charge in [0, 0.05) is 37.2 Å². The van der Waals surface area contributed by atoms with Crippen LogP contribution in [0.3, 0.4) is 0 Å². The Labute approximate surface area is 140 Å². The largest absolute Gasteiger partial charge is 0.472 e. The number of nitrogens with one attached hydrogen (secondary N) is 1. The van der Waals surface area contributed by atoms with Crippen molar-refractivity contribution in [1.82, 2.24) is 10.2 Å². The van der Waals surface area contributed by atoms with E-state index in [0.717, 1.165) is 32.5 Å². The van der Waals surface area contributed by atoms with Crippen LogP contribution >= 0.6 is 0 Å². The summed E-state index contributed by atoms with van der Waals surface area (Å²) in [6.07, 6.45) is 7.38. The van der Waals surface area contributed by atoms with Gasteiger partial charge in [-0.2, -0.15) is 0 Å². The fraction of sp³-hybridized carbons (Fsp3) is 0.500. The van der Waals surface area contributed by atoms with Crippen molar-refractivity contribution in [3.05, 3.63) is 48.3 Å². The summed E-state index contributed by atoms with van der Waals surface area (Å²) in [5.74, 6) is 0.547. The molecule has 2 fully saturated rings. The second-order valence-electron chi connectivity index (χ2n) is 6.53. The maximum atomic E-state index is 12.0. The Bertz CT molecular complexity index is 653. The van der Waals surface area contributed by atoms with E-state index in [1.807, 2.05) is 6.07 Å². The third-order valence-corrected chi connectivity index (χ3v) is 5.07. The highest BCUT2D eigenvalue weighted by Crippen LogP contribution is 2.35. The molecule has 1 amide bonds. The van der Waals surface area contributed by atoms with Crippen molar-refractivity contribution in [1.29, 1.82) is 0 Å². The number of fused-ring (bicyclic) bond motifs is 1. The number of nitrogens with zero attached hydrogens (tertiary/aromatic N) is 1. The summed E-state index contributed by atoms with van der Waals surface area (Å²) in [7, 11) is 0. The Morgan fingerprint density at radius 3 is 3.04 bits per heavy atom. The molecule has 1 N–H and O–H groups in total. The van der Waals surface area contributed by atoms with Gasteiger partial charge in [-0.05, 0) is 31.0 Å². The minimum atomic E-state index is -0.158. The number of carbonyl (C=O) groups excluding carboxylic acids is 1. The Kier molecular flexibility index (Phi) is 4.40. The number of hydrogen-bond donors (Lipinski definition) is 1. The van der Waals surface area contributed by atoms with Crippen molar-refractivity contribution < 1.29 is 18.4 Å². The van der Waals surface area contributed by atoms with Gasteiger partial charge in [0.2, 0.25) is 0 Å². The molecule has 2 aliphatic rings. The van der Waals surface area contributed by atoms with E-state index >= 15 is 0 Å². The molecular formula is C18H22N2O4. The molecule has 24 heavy (non-hydrogen) atoms. The smallest absolute Gasteiger partial charge is 0.286 e. The number of morpholine rings is 1. The van der Waals surface area contributed by atoms with Crippen molar-refractivity contribution in [2.45, 2.75) is 31.5 Å².